The summed E-state index contributed by atoms with van der Waals surface area (Å²) in [6.45, 7) is 3.47. The zero-order valence-corrected chi connectivity index (χ0v) is 7.79. The van der Waals surface area contributed by atoms with E-state index in [1.165, 1.54) is 6.07 Å². The number of benzene rings is 1. The van der Waals surface area contributed by atoms with E-state index in [0.29, 0.717) is 5.69 Å². The van der Waals surface area contributed by atoms with E-state index in [1.54, 1.807) is 32.0 Å². The number of aliphatic hydroxyl groups excluding tert-OH is 1. The van der Waals surface area contributed by atoms with E-state index < -0.39 is 6.10 Å². The summed E-state index contributed by atoms with van der Waals surface area (Å²) in [7, 11) is 0. The minimum atomic E-state index is -0.500. The van der Waals surface area contributed by atoms with E-state index in [0.717, 1.165) is 0 Å². The molecule has 0 spiro atoms. The Balaban J connectivity index is 2.69. The molecule has 0 aromatic heterocycles. The number of para-hydroxylation sites is 1. The summed E-state index contributed by atoms with van der Waals surface area (Å²) in [6, 6.07) is 6.26. The highest BCUT2D eigenvalue weighted by Gasteiger charge is 2.09. The van der Waals surface area contributed by atoms with Gasteiger partial charge in [-0.3, -0.25) is 0 Å². The van der Waals surface area contributed by atoms with Gasteiger partial charge in [-0.25, -0.2) is 4.39 Å². The molecule has 0 radical (unpaired) electrons. The van der Waals surface area contributed by atoms with Gasteiger partial charge in [0.15, 0.2) is 0 Å². The second-order valence-corrected chi connectivity index (χ2v) is 3.15. The summed E-state index contributed by atoms with van der Waals surface area (Å²) in [6.07, 6.45) is -0.500. The molecule has 2 nitrogen and oxygen atoms in total. The molecule has 0 amide bonds. The summed E-state index contributed by atoms with van der Waals surface area (Å²) >= 11 is 0. The molecule has 0 fully saturated rings. The fourth-order valence-electron chi connectivity index (χ4n) is 0.944. The van der Waals surface area contributed by atoms with Gasteiger partial charge in [-0.1, -0.05) is 12.1 Å². The van der Waals surface area contributed by atoms with Gasteiger partial charge < -0.3 is 10.4 Å². The molecule has 2 N–H and O–H groups in total. The Bertz CT molecular complexity index is 275. The van der Waals surface area contributed by atoms with Crippen LogP contribution in [0.15, 0.2) is 24.3 Å². The Morgan fingerprint density at radius 1 is 1.31 bits per heavy atom. The van der Waals surface area contributed by atoms with Crippen LogP contribution in [0.3, 0.4) is 0 Å². The topological polar surface area (TPSA) is 32.3 Å². The van der Waals surface area contributed by atoms with E-state index in [4.69, 9.17) is 0 Å². The average molecular weight is 183 g/mol. The van der Waals surface area contributed by atoms with Crippen LogP contribution < -0.4 is 5.32 Å². The maximum Gasteiger partial charge on any atom is 0.146 e. The summed E-state index contributed by atoms with van der Waals surface area (Å²) in [5.41, 5.74) is 0.427. The molecule has 0 aliphatic rings. The van der Waals surface area contributed by atoms with Gasteiger partial charge in [0.05, 0.1) is 11.8 Å². The third-order valence-corrected chi connectivity index (χ3v) is 1.98. The lowest BCUT2D eigenvalue weighted by Gasteiger charge is -2.17. The highest BCUT2D eigenvalue weighted by atomic mass is 19.1. The molecule has 0 saturated carbocycles. The van der Waals surface area contributed by atoms with Crippen LogP contribution in [-0.4, -0.2) is 17.3 Å². The standard InChI is InChI=1S/C10H14FNO/c1-7(8(2)13)12-10-6-4-3-5-9(10)11/h3-8,12-13H,1-2H3/t7-,8-/m1/s1. The molecule has 0 heterocycles. The highest BCUT2D eigenvalue weighted by Crippen LogP contribution is 2.14. The van der Waals surface area contributed by atoms with Gasteiger partial charge in [-0.2, -0.15) is 0 Å². The first kappa shape index (κ1) is 9.99. The molecule has 3 heteroatoms. The molecule has 0 bridgehead atoms. The quantitative estimate of drug-likeness (QED) is 0.751. The Labute approximate surface area is 77.4 Å². The van der Waals surface area contributed by atoms with Crippen molar-refractivity contribution in [3.8, 4) is 0 Å². The van der Waals surface area contributed by atoms with Crippen LogP contribution in [-0.2, 0) is 0 Å². The zero-order chi connectivity index (χ0) is 9.84. The zero-order valence-electron chi connectivity index (χ0n) is 7.79. The molecule has 13 heavy (non-hydrogen) atoms. The van der Waals surface area contributed by atoms with Crippen molar-refractivity contribution in [3.63, 3.8) is 0 Å². The lowest BCUT2D eigenvalue weighted by Crippen LogP contribution is -2.28. The minimum absolute atomic E-state index is 0.156. The van der Waals surface area contributed by atoms with E-state index in [9.17, 15) is 9.50 Å². The van der Waals surface area contributed by atoms with E-state index >= 15 is 0 Å². The predicted molar refractivity (Wildman–Crippen MR) is 51.2 cm³/mol. The smallest absolute Gasteiger partial charge is 0.146 e. The first-order chi connectivity index (χ1) is 6.11. The fraction of sp³-hybridized carbons (Fsp3) is 0.400. The highest BCUT2D eigenvalue weighted by molar-refractivity contribution is 5.45. The van der Waals surface area contributed by atoms with Gasteiger partial charge in [0.25, 0.3) is 0 Å². The Morgan fingerprint density at radius 3 is 2.46 bits per heavy atom. The van der Waals surface area contributed by atoms with Crippen LogP contribution in [0.2, 0.25) is 0 Å². The largest absolute Gasteiger partial charge is 0.391 e. The molecule has 72 valence electrons. The second-order valence-electron chi connectivity index (χ2n) is 3.15. The lowest BCUT2D eigenvalue weighted by atomic mass is 10.2. The van der Waals surface area contributed by atoms with Gasteiger partial charge in [-0.15, -0.1) is 0 Å². The molecular formula is C10H14FNO. The Kier molecular flexibility index (Phi) is 3.25. The predicted octanol–water partition coefficient (Wildman–Crippen LogP) is 2.01. The third kappa shape index (κ3) is 2.70. The summed E-state index contributed by atoms with van der Waals surface area (Å²) in [5.74, 6) is -0.296. The van der Waals surface area contributed by atoms with Crippen molar-refractivity contribution in [2.45, 2.75) is 26.0 Å². The number of hydrogen-bond acceptors (Lipinski definition) is 2. The third-order valence-electron chi connectivity index (χ3n) is 1.98. The number of nitrogens with one attached hydrogen (secondary N) is 1. The van der Waals surface area contributed by atoms with E-state index in [1.807, 2.05) is 0 Å². The van der Waals surface area contributed by atoms with Gasteiger partial charge in [0.1, 0.15) is 5.82 Å². The molecule has 0 unspecified atom stereocenters. The minimum Gasteiger partial charge on any atom is -0.391 e. The van der Waals surface area contributed by atoms with Crippen LogP contribution in [0.1, 0.15) is 13.8 Å². The number of hydrogen-bond donors (Lipinski definition) is 2. The molecule has 1 aromatic carbocycles. The van der Waals surface area contributed by atoms with Crippen LogP contribution in [0.25, 0.3) is 0 Å². The lowest BCUT2D eigenvalue weighted by molar-refractivity contribution is 0.177. The van der Waals surface area contributed by atoms with Crippen LogP contribution in [0, 0.1) is 5.82 Å². The van der Waals surface area contributed by atoms with Crippen molar-refractivity contribution in [1.29, 1.82) is 0 Å². The monoisotopic (exact) mass is 183 g/mol. The van der Waals surface area contributed by atoms with E-state index in [-0.39, 0.29) is 11.9 Å². The van der Waals surface area contributed by atoms with Crippen molar-refractivity contribution < 1.29 is 9.50 Å². The van der Waals surface area contributed by atoms with Crippen LogP contribution in [0.4, 0.5) is 10.1 Å². The summed E-state index contributed by atoms with van der Waals surface area (Å²) in [5, 5.41) is 12.1. The van der Waals surface area contributed by atoms with Crippen molar-refractivity contribution in [1.82, 2.24) is 0 Å². The van der Waals surface area contributed by atoms with Crippen molar-refractivity contribution >= 4 is 5.69 Å². The molecule has 0 saturated heterocycles. The van der Waals surface area contributed by atoms with Crippen molar-refractivity contribution in [2.24, 2.45) is 0 Å². The van der Waals surface area contributed by atoms with Gasteiger partial charge in [0, 0.05) is 6.04 Å². The normalized spacial score (nSPS) is 15.1. The number of aliphatic hydroxyl groups is 1. The summed E-state index contributed by atoms with van der Waals surface area (Å²) < 4.78 is 13.1. The molecule has 0 aliphatic carbocycles. The Morgan fingerprint density at radius 2 is 1.92 bits per heavy atom. The van der Waals surface area contributed by atoms with Crippen LogP contribution in [0.5, 0.6) is 0 Å². The molecule has 0 aliphatic heterocycles. The number of rotatable bonds is 3. The van der Waals surface area contributed by atoms with Gasteiger partial charge >= 0.3 is 0 Å². The molecule has 1 aromatic rings. The molecule has 2 atom stereocenters. The summed E-state index contributed by atoms with van der Waals surface area (Å²) in [4.78, 5) is 0. The van der Waals surface area contributed by atoms with Crippen molar-refractivity contribution in [3.05, 3.63) is 30.1 Å². The first-order valence-electron chi connectivity index (χ1n) is 4.30. The maximum atomic E-state index is 13.1. The van der Waals surface area contributed by atoms with Gasteiger partial charge in [-0.05, 0) is 26.0 Å². The number of halogens is 1. The Hall–Kier alpha value is -1.09. The average Bonchev–Trinajstić information content (AvgIpc) is 2.08. The molecular weight excluding hydrogens is 169 g/mol. The van der Waals surface area contributed by atoms with Crippen LogP contribution >= 0.6 is 0 Å². The maximum absolute atomic E-state index is 13.1. The first-order valence-corrected chi connectivity index (χ1v) is 4.30. The molecule has 1 rings (SSSR count). The van der Waals surface area contributed by atoms with Crippen molar-refractivity contribution in [2.75, 3.05) is 5.32 Å². The second kappa shape index (κ2) is 4.23. The number of anilines is 1. The fourth-order valence-corrected chi connectivity index (χ4v) is 0.944. The van der Waals surface area contributed by atoms with E-state index in [2.05, 4.69) is 5.32 Å². The van der Waals surface area contributed by atoms with Gasteiger partial charge in [0.2, 0.25) is 0 Å². The SMILES string of the molecule is C[C@@H](O)[C@@H](C)Nc1ccccc1F.